The molecule has 0 atom stereocenters. The molecule has 0 aliphatic heterocycles. The van der Waals surface area contributed by atoms with Gasteiger partial charge in [-0.3, -0.25) is 4.99 Å². The van der Waals surface area contributed by atoms with Gasteiger partial charge in [0.1, 0.15) is 5.75 Å². The molecule has 0 aliphatic carbocycles. The molecular formula is C17H26IN5O2. The predicted molar refractivity (Wildman–Crippen MR) is 109 cm³/mol. The SMILES string of the molecule is CCNC(=NCCc1nc(C)no1)NCCc1ccc(OC)cc1.I. The summed E-state index contributed by atoms with van der Waals surface area (Å²) in [4.78, 5) is 8.69. The molecule has 0 spiro atoms. The van der Waals surface area contributed by atoms with Crippen LogP contribution in [0.5, 0.6) is 5.75 Å². The van der Waals surface area contributed by atoms with Crippen molar-refractivity contribution in [1.82, 2.24) is 20.8 Å². The Morgan fingerprint density at radius 3 is 2.56 bits per heavy atom. The van der Waals surface area contributed by atoms with Crippen molar-refractivity contribution < 1.29 is 9.26 Å². The number of benzene rings is 1. The third-order valence-corrected chi connectivity index (χ3v) is 3.37. The Balaban J connectivity index is 0.00000312. The van der Waals surface area contributed by atoms with Crippen LogP contribution in [0.3, 0.4) is 0 Å². The van der Waals surface area contributed by atoms with E-state index >= 15 is 0 Å². The van der Waals surface area contributed by atoms with Crippen LogP contribution in [0.2, 0.25) is 0 Å². The van der Waals surface area contributed by atoms with Gasteiger partial charge in [0.05, 0.1) is 13.7 Å². The van der Waals surface area contributed by atoms with Crippen molar-refractivity contribution >= 4 is 29.9 Å². The number of aliphatic imine (C=N–C) groups is 1. The average molecular weight is 459 g/mol. The number of aromatic nitrogens is 2. The number of nitrogens with zero attached hydrogens (tertiary/aromatic N) is 3. The van der Waals surface area contributed by atoms with E-state index in [0.29, 0.717) is 24.7 Å². The van der Waals surface area contributed by atoms with Gasteiger partial charge < -0.3 is 19.9 Å². The average Bonchev–Trinajstić information content (AvgIpc) is 3.01. The molecule has 2 rings (SSSR count). The molecule has 1 aromatic heterocycles. The lowest BCUT2D eigenvalue weighted by atomic mass is 10.1. The van der Waals surface area contributed by atoms with Crippen LogP contribution in [0.25, 0.3) is 0 Å². The fourth-order valence-electron chi connectivity index (χ4n) is 2.16. The zero-order chi connectivity index (χ0) is 17.2. The molecule has 25 heavy (non-hydrogen) atoms. The van der Waals surface area contributed by atoms with E-state index in [2.05, 4.69) is 37.9 Å². The van der Waals surface area contributed by atoms with E-state index in [0.717, 1.165) is 31.2 Å². The first-order chi connectivity index (χ1) is 11.7. The molecule has 0 aliphatic rings. The van der Waals surface area contributed by atoms with Crippen molar-refractivity contribution in [2.75, 3.05) is 26.7 Å². The molecule has 1 aromatic carbocycles. The van der Waals surface area contributed by atoms with E-state index < -0.39 is 0 Å². The molecule has 2 aromatic rings. The number of guanidine groups is 1. The Morgan fingerprint density at radius 1 is 1.20 bits per heavy atom. The third kappa shape index (κ3) is 7.72. The Kier molecular flexibility index (Phi) is 9.90. The molecule has 0 saturated carbocycles. The van der Waals surface area contributed by atoms with Crippen molar-refractivity contribution in [2.24, 2.45) is 4.99 Å². The van der Waals surface area contributed by atoms with Gasteiger partial charge in [0.2, 0.25) is 5.89 Å². The van der Waals surface area contributed by atoms with E-state index in [1.165, 1.54) is 5.56 Å². The quantitative estimate of drug-likeness (QED) is 0.358. The highest BCUT2D eigenvalue weighted by molar-refractivity contribution is 14.0. The van der Waals surface area contributed by atoms with Gasteiger partial charge in [-0.15, -0.1) is 24.0 Å². The number of hydrogen-bond acceptors (Lipinski definition) is 5. The molecule has 8 heteroatoms. The van der Waals surface area contributed by atoms with Gasteiger partial charge in [-0.05, 0) is 38.0 Å². The Bertz CT molecular complexity index is 643. The first-order valence-corrected chi connectivity index (χ1v) is 8.15. The number of hydrogen-bond donors (Lipinski definition) is 2. The number of methoxy groups -OCH3 is 1. The lowest BCUT2D eigenvalue weighted by molar-refractivity contribution is 0.376. The molecule has 0 radical (unpaired) electrons. The monoisotopic (exact) mass is 459 g/mol. The first kappa shape index (κ1) is 21.2. The second kappa shape index (κ2) is 11.7. The Morgan fingerprint density at radius 2 is 1.96 bits per heavy atom. The Hall–Kier alpha value is -1.84. The molecule has 0 saturated heterocycles. The van der Waals surface area contributed by atoms with Crippen LogP contribution in [0.1, 0.15) is 24.2 Å². The minimum Gasteiger partial charge on any atom is -0.497 e. The van der Waals surface area contributed by atoms with Crippen LogP contribution in [0.15, 0.2) is 33.8 Å². The molecule has 0 amide bonds. The van der Waals surface area contributed by atoms with E-state index in [1.807, 2.05) is 19.1 Å². The summed E-state index contributed by atoms with van der Waals surface area (Å²) >= 11 is 0. The number of rotatable bonds is 8. The van der Waals surface area contributed by atoms with Crippen LogP contribution < -0.4 is 15.4 Å². The van der Waals surface area contributed by atoms with E-state index in [4.69, 9.17) is 9.26 Å². The minimum atomic E-state index is 0. The van der Waals surface area contributed by atoms with Gasteiger partial charge in [-0.1, -0.05) is 17.3 Å². The van der Waals surface area contributed by atoms with Crippen LogP contribution in [-0.4, -0.2) is 42.8 Å². The van der Waals surface area contributed by atoms with Gasteiger partial charge in [-0.25, -0.2) is 0 Å². The molecule has 2 N–H and O–H groups in total. The number of nitrogens with one attached hydrogen (secondary N) is 2. The summed E-state index contributed by atoms with van der Waals surface area (Å²) in [6, 6.07) is 8.09. The molecule has 0 unspecified atom stereocenters. The summed E-state index contributed by atoms with van der Waals surface area (Å²) in [5.41, 5.74) is 1.25. The summed E-state index contributed by atoms with van der Waals surface area (Å²) in [5.74, 6) is 2.93. The third-order valence-electron chi connectivity index (χ3n) is 3.37. The maximum atomic E-state index is 5.16. The second-order valence-electron chi connectivity index (χ2n) is 5.27. The summed E-state index contributed by atoms with van der Waals surface area (Å²) in [7, 11) is 1.67. The smallest absolute Gasteiger partial charge is 0.228 e. The summed E-state index contributed by atoms with van der Waals surface area (Å²) in [5, 5.41) is 10.3. The van der Waals surface area contributed by atoms with Crippen LogP contribution in [0, 0.1) is 6.92 Å². The van der Waals surface area contributed by atoms with Gasteiger partial charge in [0, 0.05) is 19.5 Å². The zero-order valence-corrected chi connectivity index (χ0v) is 17.2. The van der Waals surface area contributed by atoms with E-state index in [-0.39, 0.29) is 24.0 Å². The number of aryl methyl sites for hydroxylation is 1. The summed E-state index contributed by atoms with van der Waals surface area (Å²) < 4.78 is 10.2. The highest BCUT2D eigenvalue weighted by Crippen LogP contribution is 2.11. The summed E-state index contributed by atoms with van der Waals surface area (Å²) in [6.07, 6.45) is 1.55. The summed E-state index contributed by atoms with van der Waals surface area (Å²) in [6.45, 7) is 6.06. The van der Waals surface area contributed by atoms with Crippen molar-refractivity contribution in [3.63, 3.8) is 0 Å². The first-order valence-electron chi connectivity index (χ1n) is 8.15. The molecular weight excluding hydrogens is 433 g/mol. The van der Waals surface area contributed by atoms with Gasteiger partial charge in [0.15, 0.2) is 11.8 Å². The predicted octanol–water partition coefficient (Wildman–Crippen LogP) is 2.34. The normalized spacial score (nSPS) is 10.9. The lowest BCUT2D eigenvalue weighted by Crippen LogP contribution is -2.38. The van der Waals surface area contributed by atoms with Crippen molar-refractivity contribution in [2.45, 2.75) is 26.7 Å². The largest absolute Gasteiger partial charge is 0.497 e. The number of halogens is 1. The standard InChI is InChI=1S/C17H25N5O2.HI/c1-4-18-17(20-12-10-16-21-13(2)22-24-16)19-11-9-14-5-7-15(23-3)8-6-14;/h5-8H,4,9-12H2,1-3H3,(H2,18,19,20);1H. The Labute approximate surface area is 165 Å². The minimum absolute atomic E-state index is 0. The lowest BCUT2D eigenvalue weighted by Gasteiger charge is -2.11. The van der Waals surface area contributed by atoms with Gasteiger partial charge in [0.25, 0.3) is 0 Å². The number of ether oxygens (including phenoxy) is 1. The van der Waals surface area contributed by atoms with Gasteiger partial charge in [-0.2, -0.15) is 4.98 Å². The highest BCUT2D eigenvalue weighted by Gasteiger charge is 2.03. The van der Waals surface area contributed by atoms with Crippen molar-refractivity contribution in [3.05, 3.63) is 41.5 Å². The maximum absolute atomic E-state index is 5.16. The molecule has 138 valence electrons. The van der Waals surface area contributed by atoms with Crippen molar-refractivity contribution in [3.8, 4) is 5.75 Å². The molecule has 0 fully saturated rings. The molecule has 1 heterocycles. The zero-order valence-electron chi connectivity index (χ0n) is 14.9. The van der Waals surface area contributed by atoms with E-state index in [9.17, 15) is 0 Å². The van der Waals surface area contributed by atoms with E-state index in [1.54, 1.807) is 14.0 Å². The van der Waals surface area contributed by atoms with Crippen LogP contribution >= 0.6 is 24.0 Å². The highest BCUT2D eigenvalue weighted by atomic mass is 127. The fourth-order valence-corrected chi connectivity index (χ4v) is 2.16. The topological polar surface area (TPSA) is 84.6 Å². The van der Waals surface area contributed by atoms with Crippen LogP contribution in [0.4, 0.5) is 0 Å². The van der Waals surface area contributed by atoms with Gasteiger partial charge >= 0.3 is 0 Å². The second-order valence-corrected chi connectivity index (χ2v) is 5.27. The fraction of sp³-hybridized carbons (Fsp3) is 0.471. The maximum Gasteiger partial charge on any atom is 0.228 e. The van der Waals surface area contributed by atoms with Crippen LogP contribution in [-0.2, 0) is 12.8 Å². The molecule has 7 nitrogen and oxygen atoms in total. The molecule has 0 bridgehead atoms. The van der Waals surface area contributed by atoms with Crippen molar-refractivity contribution in [1.29, 1.82) is 0 Å².